The molecule has 0 aliphatic carbocycles. The van der Waals surface area contributed by atoms with Crippen molar-refractivity contribution < 1.29 is 29.5 Å². The second kappa shape index (κ2) is 10.4. The van der Waals surface area contributed by atoms with Crippen LogP contribution in [0.1, 0.15) is 39.2 Å². The second-order valence-electron chi connectivity index (χ2n) is 7.47. The van der Waals surface area contributed by atoms with Crippen molar-refractivity contribution >= 4 is 23.3 Å². The van der Waals surface area contributed by atoms with Crippen molar-refractivity contribution in [2.45, 2.75) is 33.6 Å². The average Bonchev–Trinajstić information content (AvgIpc) is 2.79. The van der Waals surface area contributed by atoms with Gasteiger partial charge in [-0.2, -0.15) is 5.23 Å². The number of anilines is 1. The first-order valence-corrected chi connectivity index (χ1v) is 10.8. The number of para-hydroxylation sites is 1. The average molecular weight is 453 g/mol. The zero-order valence-corrected chi connectivity index (χ0v) is 19.1. The number of esters is 2. The third kappa shape index (κ3) is 4.83. The van der Waals surface area contributed by atoms with E-state index in [4.69, 9.17) is 9.47 Å². The van der Waals surface area contributed by atoms with Gasteiger partial charge in [0.15, 0.2) is 5.69 Å². The lowest BCUT2D eigenvalue weighted by atomic mass is 9.79. The van der Waals surface area contributed by atoms with E-state index in [-0.39, 0.29) is 30.0 Å². The quantitative estimate of drug-likeness (QED) is 0.490. The maximum atomic E-state index is 13.2. The van der Waals surface area contributed by atoms with Gasteiger partial charge in [0.2, 0.25) is 0 Å². The Labute approximate surface area is 192 Å². The van der Waals surface area contributed by atoms with Gasteiger partial charge < -0.3 is 19.6 Å². The smallest absolute Gasteiger partial charge is 0.336 e. The number of hydrogen-bond acceptors (Lipinski definition) is 7. The molecule has 0 saturated heterocycles. The highest BCUT2D eigenvalue weighted by atomic mass is 16.8. The number of nitrogens with zero attached hydrogens (tertiary/aromatic N) is 1. The number of hydrogen-bond donors (Lipinski definition) is 2. The molecular formula is C25H28N2O6. The Morgan fingerprint density at radius 3 is 1.97 bits per heavy atom. The summed E-state index contributed by atoms with van der Waals surface area (Å²) in [7, 11) is 0. The van der Waals surface area contributed by atoms with E-state index in [1.165, 1.54) is 12.1 Å². The molecule has 0 fully saturated rings. The maximum Gasteiger partial charge on any atom is 0.336 e. The van der Waals surface area contributed by atoms with Crippen molar-refractivity contribution in [1.29, 1.82) is 0 Å². The molecule has 2 aromatic carbocycles. The van der Waals surface area contributed by atoms with Crippen LogP contribution in [-0.2, 0) is 19.1 Å². The minimum Gasteiger partial charge on any atom is -0.595 e. The van der Waals surface area contributed by atoms with Crippen molar-refractivity contribution in [3.63, 3.8) is 0 Å². The Bertz CT molecular complexity index is 1050. The summed E-state index contributed by atoms with van der Waals surface area (Å²) in [6.45, 7) is 7.30. The van der Waals surface area contributed by atoms with Crippen LogP contribution in [0.5, 0.6) is 0 Å². The van der Waals surface area contributed by atoms with E-state index in [0.717, 1.165) is 5.69 Å². The number of rotatable bonds is 7. The Balaban J connectivity index is 2.33. The highest BCUT2D eigenvalue weighted by Crippen LogP contribution is 2.44. The van der Waals surface area contributed by atoms with Crippen molar-refractivity contribution in [2.75, 3.05) is 18.1 Å². The van der Waals surface area contributed by atoms with Crippen LogP contribution >= 0.6 is 0 Å². The first-order valence-electron chi connectivity index (χ1n) is 10.8. The van der Waals surface area contributed by atoms with E-state index in [2.05, 4.69) is 0 Å². The van der Waals surface area contributed by atoms with Gasteiger partial charge in [0.05, 0.1) is 30.3 Å². The molecule has 0 amide bonds. The molecule has 2 aromatic rings. The van der Waals surface area contributed by atoms with E-state index in [1.807, 2.05) is 35.2 Å². The molecule has 1 unspecified atom stereocenters. The highest BCUT2D eigenvalue weighted by Gasteiger charge is 2.41. The van der Waals surface area contributed by atoms with Crippen LogP contribution < -0.4 is 10.1 Å². The van der Waals surface area contributed by atoms with Crippen LogP contribution in [-0.4, -0.2) is 30.4 Å². The van der Waals surface area contributed by atoms with Gasteiger partial charge >= 0.3 is 11.9 Å². The van der Waals surface area contributed by atoms with Gasteiger partial charge in [0.1, 0.15) is 0 Å². The summed E-state index contributed by atoms with van der Waals surface area (Å²) in [5.41, 5.74) is 3.03. The van der Waals surface area contributed by atoms with Gasteiger partial charge in [-0.15, -0.1) is 0 Å². The topological polar surface area (TPSA) is 104 Å². The fraction of sp³-hybridized carbons (Fsp3) is 0.280. The van der Waals surface area contributed by atoms with Crippen LogP contribution in [0.2, 0.25) is 0 Å². The van der Waals surface area contributed by atoms with E-state index in [0.29, 0.717) is 17.0 Å². The van der Waals surface area contributed by atoms with Crippen LogP contribution in [0.25, 0.3) is 0 Å². The van der Waals surface area contributed by atoms with Gasteiger partial charge in [-0.1, -0.05) is 30.3 Å². The third-order valence-electron chi connectivity index (χ3n) is 5.50. The number of carbonyl (C=O) groups is 2. The molecule has 2 N–H and O–H groups in total. The SMILES string of the molecule is CCOC(=O)C1=C(C)N(c2ccccc2)C(C)=C(C(=O)OCC)C1c1cccc([NH+]([O-])O)c1. The predicted molar refractivity (Wildman–Crippen MR) is 123 cm³/mol. The molecule has 33 heavy (non-hydrogen) atoms. The van der Waals surface area contributed by atoms with Gasteiger partial charge in [-0.25, -0.2) is 14.8 Å². The van der Waals surface area contributed by atoms with Crippen LogP contribution in [0.15, 0.2) is 77.1 Å². The number of carbonyl (C=O) groups excluding carboxylic acids is 2. The van der Waals surface area contributed by atoms with E-state index in [9.17, 15) is 20.0 Å². The number of benzene rings is 2. The number of ether oxygens (including phenoxy) is 2. The molecule has 1 aliphatic rings. The molecule has 3 rings (SSSR count). The summed E-state index contributed by atoms with van der Waals surface area (Å²) in [5, 5.41) is 20.0. The summed E-state index contributed by atoms with van der Waals surface area (Å²) in [6, 6.07) is 15.6. The summed E-state index contributed by atoms with van der Waals surface area (Å²) < 4.78 is 10.7. The molecular weight excluding hydrogens is 424 g/mol. The van der Waals surface area contributed by atoms with Gasteiger partial charge in [-0.05, 0) is 45.4 Å². The zero-order chi connectivity index (χ0) is 24.1. The molecule has 1 aliphatic heterocycles. The lowest BCUT2D eigenvalue weighted by Crippen LogP contribution is -2.99. The van der Waals surface area contributed by atoms with Crippen LogP contribution in [0.4, 0.5) is 11.4 Å². The highest BCUT2D eigenvalue weighted by molar-refractivity contribution is 6.01. The Hall–Kier alpha value is -3.46. The van der Waals surface area contributed by atoms with Crippen molar-refractivity contribution in [3.05, 3.63) is 87.9 Å². The van der Waals surface area contributed by atoms with E-state index < -0.39 is 23.1 Å². The fourth-order valence-corrected chi connectivity index (χ4v) is 4.15. The fourth-order valence-electron chi connectivity index (χ4n) is 4.15. The Kier molecular flexibility index (Phi) is 7.65. The minimum absolute atomic E-state index is 0.0553. The maximum absolute atomic E-state index is 13.2. The Morgan fingerprint density at radius 1 is 0.939 bits per heavy atom. The normalized spacial score (nSPS) is 15.5. The number of nitrogens with one attached hydrogen (secondary N) is 1. The predicted octanol–water partition coefficient (Wildman–Crippen LogP) is 3.37. The molecule has 0 spiro atoms. The van der Waals surface area contributed by atoms with Crippen molar-refractivity contribution in [1.82, 2.24) is 0 Å². The minimum atomic E-state index is -1.10. The molecule has 8 nitrogen and oxygen atoms in total. The summed E-state index contributed by atoms with van der Waals surface area (Å²) in [5.74, 6) is -1.99. The van der Waals surface area contributed by atoms with Crippen LogP contribution in [0.3, 0.4) is 0 Å². The molecule has 0 saturated carbocycles. The lowest BCUT2D eigenvalue weighted by molar-refractivity contribution is -0.991. The third-order valence-corrected chi connectivity index (χ3v) is 5.50. The first kappa shape index (κ1) is 24.2. The molecule has 174 valence electrons. The monoisotopic (exact) mass is 452 g/mol. The van der Waals surface area contributed by atoms with Gasteiger partial charge in [0, 0.05) is 29.2 Å². The van der Waals surface area contributed by atoms with Crippen molar-refractivity contribution in [2.24, 2.45) is 0 Å². The van der Waals surface area contributed by atoms with Crippen molar-refractivity contribution in [3.8, 4) is 0 Å². The second-order valence-corrected chi connectivity index (χ2v) is 7.47. The molecule has 0 aromatic heterocycles. The van der Waals surface area contributed by atoms with E-state index >= 15 is 0 Å². The largest absolute Gasteiger partial charge is 0.595 e. The summed E-state index contributed by atoms with van der Waals surface area (Å²) in [4.78, 5) is 28.3. The molecule has 1 atom stereocenters. The molecule has 0 radical (unpaired) electrons. The zero-order valence-electron chi connectivity index (χ0n) is 19.1. The lowest BCUT2D eigenvalue weighted by Gasteiger charge is -2.38. The standard InChI is InChI=1S/C25H28N2O6/c1-5-32-24(28)21-16(3)26(19-12-8-7-9-13-19)17(4)22(25(29)33-6-2)23(21)18-11-10-14-20(15-18)27(30)31/h7-15,23,27,30H,5-6H2,1-4H3. The van der Waals surface area contributed by atoms with Gasteiger partial charge in [0.25, 0.3) is 0 Å². The van der Waals surface area contributed by atoms with Gasteiger partial charge in [-0.3, -0.25) is 0 Å². The number of quaternary nitrogens is 1. The first-order chi connectivity index (χ1) is 15.8. The Morgan fingerprint density at radius 2 is 1.48 bits per heavy atom. The molecule has 0 bridgehead atoms. The molecule has 1 heterocycles. The summed E-state index contributed by atoms with van der Waals surface area (Å²) >= 11 is 0. The van der Waals surface area contributed by atoms with Crippen LogP contribution in [0, 0.1) is 5.21 Å². The molecule has 8 heteroatoms. The summed E-state index contributed by atoms with van der Waals surface area (Å²) in [6.07, 6.45) is 0. The number of allylic oxidation sites excluding steroid dienone is 2. The van der Waals surface area contributed by atoms with E-state index in [1.54, 1.807) is 39.8 Å².